The second-order valence-electron chi connectivity index (χ2n) is 4.72. The van der Waals surface area contributed by atoms with Gasteiger partial charge in [0, 0.05) is 12.7 Å². The van der Waals surface area contributed by atoms with Gasteiger partial charge >= 0.3 is 0 Å². The van der Waals surface area contributed by atoms with Gasteiger partial charge in [-0.2, -0.15) is 5.10 Å². The van der Waals surface area contributed by atoms with Gasteiger partial charge in [-0.3, -0.25) is 8.89 Å². The van der Waals surface area contributed by atoms with Crippen LogP contribution in [0.1, 0.15) is 23.9 Å². The van der Waals surface area contributed by atoms with Crippen molar-refractivity contribution in [2.45, 2.75) is 30.9 Å². The van der Waals surface area contributed by atoms with E-state index in [0.717, 1.165) is 23.4 Å². The van der Waals surface area contributed by atoms with Crippen molar-refractivity contribution in [3.05, 3.63) is 40.2 Å². The van der Waals surface area contributed by atoms with Crippen molar-refractivity contribution in [3.8, 4) is 0 Å². The molecule has 0 fully saturated rings. The Balaban J connectivity index is 2.30. The first-order valence-electron chi connectivity index (χ1n) is 6.38. The highest BCUT2D eigenvalue weighted by atomic mass is 35.5. The number of hydrogen-bond donors (Lipinski definition) is 1. The van der Waals surface area contributed by atoms with E-state index in [1.54, 1.807) is 4.68 Å². The van der Waals surface area contributed by atoms with Crippen LogP contribution < -0.4 is 5.73 Å². The van der Waals surface area contributed by atoms with Gasteiger partial charge in [0.2, 0.25) is 0 Å². The molecule has 108 valence electrons. The Morgan fingerprint density at radius 2 is 2.15 bits per heavy atom. The van der Waals surface area contributed by atoms with Crippen LogP contribution >= 0.6 is 11.6 Å². The Bertz CT molecular complexity index is 667. The first kappa shape index (κ1) is 15.1. The van der Waals surface area contributed by atoms with E-state index in [4.69, 9.17) is 17.3 Å². The molecular weight excluding hydrogens is 294 g/mol. The summed E-state index contributed by atoms with van der Waals surface area (Å²) in [6.07, 6.45) is 0.756. The minimum Gasteiger partial charge on any atom is -0.398 e. The maximum atomic E-state index is 12.5. The topological polar surface area (TPSA) is 60.9 Å². The standard InChI is InChI=1S/C14H18ClN3OS/c1-4-11-14(15)12(18(3)17-11)8-20(19)13-6-5-9(2)7-10(13)16/h5-7H,4,8,16H2,1-3H3. The first-order chi connectivity index (χ1) is 9.43. The van der Waals surface area contributed by atoms with Crippen molar-refractivity contribution in [1.29, 1.82) is 0 Å². The number of aryl methyl sites for hydroxylation is 3. The van der Waals surface area contributed by atoms with E-state index in [0.29, 0.717) is 21.4 Å². The Hall–Kier alpha value is -1.33. The number of nitrogens with zero attached hydrogens (tertiary/aromatic N) is 2. The number of benzene rings is 1. The quantitative estimate of drug-likeness (QED) is 0.883. The number of anilines is 1. The third kappa shape index (κ3) is 2.88. The molecule has 0 radical (unpaired) electrons. The Morgan fingerprint density at radius 3 is 2.70 bits per heavy atom. The van der Waals surface area contributed by atoms with E-state index in [2.05, 4.69) is 5.10 Å². The molecule has 0 spiro atoms. The van der Waals surface area contributed by atoms with Crippen LogP contribution in [-0.4, -0.2) is 14.0 Å². The number of rotatable bonds is 4. The minimum absolute atomic E-state index is 0.315. The molecule has 0 aliphatic carbocycles. The van der Waals surface area contributed by atoms with E-state index in [1.165, 1.54) is 0 Å². The summed E-state index contributed by atoms with van der Waals surface area (Å²) in [5.74, 6) is 0.315. The molecule has 0 amide bonds. The molecule has 1 heterocycles. The molecule has 1 aromatic heterocycles. The Morgan fingerprint density at radius 1 is 1.45 bits per heavy atom. The predicted molar refractivity (Wildman–Crippen MR) is 83.3 cm³/mol. The van der Waals surface area contributed by atoms with Crippen LogP contribution in [0.2, 0.25) is 5.02 Å². The summed E-state index contributed by atoms with van der Waals surface area (Å²) in [6, 6.07) is 5.55. The van der Waals surface area contributed by atoms with Crippen molar-refractivity contribution in [2.24, 2.45) is 7.05 Å². The predicted octanol–water partition coefficient (Wildman–Crippen LogP) is 2.83. The lowest BCUT2D eigenvalue weighted by Crippen LogP contribution is -2.05. The molecule has 1 atom stereocenters. The molecule has 2 aromatic rings. The Kier molecular flexibility index (Phi) is 4.50. The zero-order chi connectivity index (χ0) is 14.9. The van der Waals surface area contributed by atoms with Crippen LogP contribution in [-0.2, 0) is 30.0 Å². The van der Waals surface area contributed by atoms with Crippen LogP contribution in [0.5, 0.6) is 0 Å². The van der Waals surface area contributed by atoms with Gasteiger partial charge in [0.05, 0.1) is 37.9 Å². The monoisotopic (exact) mass is 311 g/mol. The van der Waals surface area contributed by atoms with Crippen molar-refractivity contribution in [3.63, 3.8) is 0 Å². The SMILES string of the molecule is CCc1nn(C)c(CS(=O)c2ccc(C)cc2N)c1Cl. The molecule has 2 N–H and O–H groups in total. The highest BCUT2D eigenvalue weighted by Crippen LogP contribution is 2.26. The van der Waals surface area contributed by atoms with Crippen molar-refractivity contribution in [1.82, 2.24) is 9.78 Å². The largest absolute Gasteiger partial charge is 0.398 e. The third-order valence-corrected chi connectivity index (χ3v) is 5.02. The maximum Gasteiger partial charge on any atom is 0.0859 e. The smallest absolute Gasteiger partial charge is 0.0859 e. The molecule has 1 aromatic carbocycles. The molecule has 0 aliphatic heterocycles. The lowest BCUT2D eigenvalue weighted by atomic mass is 10.2. The summed E-state index contributed by atoms with van der Waals surface area (Å²) in [5.41, 5.74) is 9.15. The van der Waals surface area contributed by atoms with Gasteiger partial charge in [0.25, 0.3) is 0 Å². The molecule has 1 unspecified atom stereocenters. The van der Waals surface area contributed by atoms with Crippen molar-refractivity contribution >= 4 is 28.1 Å². The highest BCUT2D eigenvalue weighted by molar-refractivity contribution is 7.84. The van der Waals surface area contributed by atoms with Gasteiger partial charge in [-0.05, 0) is 31.0 Å². The summed E-state index contributed by atoms with van der Waals surface area (Å²) >= 11 is 6.28. The number of hydrogen-bond acceptors (Lipinski definition) is 3. The fourth-order valence-corrected chi connectivity index (χ4v) is 3.77. The summed E-state index contributed by atoms with van der Waals surface area (Å²) in [7, 11) is 0.582. The number of halogens is 1. The molecule has 0 saturated carbocycles. The first-order valence-corrected chi connectivity index (χ1v) is 8.08. The van der Waals surface area contributed by atoms with Crippen molar-refractivity contribution in [2.75, 3.05) is 5.73 Å². The molecule has 0 saturated heterocycles. The molecule has 4 nitrogen and oxygen atoms in total. The zero-order valence-corrected chi connectivity index (χ0v) is 13.4. The normalized spacial score (nSPS) is 12.6. The summed E-state index contributed by atoms with van der Waals surface area (Å²) in [4.78, 5) is 0.644. The summed E-state index contributed by atoms with van der Waals surface area (Å²) in [5, 5.41) is 4.94. The second kappa shape index (κ2) is 5.97. The van der Waals surface area contributed by atoms with Crippen LogP contribution in [0, 0.1) is 6.92 Å². The Labute approximate surface area is 126 Å². The molecule has 0 bridgehead atoms. The molecule has 6 heteroatoms. The van der Waals surface area contributed by atoms with Crippen molar-refractivity contribution < 1.29 is 4.21 Å². The average molecular weight is 312 g/mol. The van der Waals surface area contributed by atoms with E-state index >= 15 is 0 Å². The highest BCUT2D eigenvalue weighted by Gasteiger charge is 2.17. The van der Waals surface area contributed by atoms with Crippen LogP contribution in [0.3, 0.4) is 0 Å². The van der Waals surface area contributed by atoms with E-state index in [9.17, 15) is 4.21 Å². The van der Waals surface area contributed by atoms with Gasteiger partial charge in [-0.25, -0.2) is 0 Å². The number of aromatic nitrogens is 2. The molecular formula is C14H18ClN3OS. The van der Waals surface area contributed by atoms with E-state index < -0.39 is 10.8 Å². The fourth-order valence-electron chi connectivity index (χ4n) is 2.05. The second-order valence-corrected chi connectivity index (χ2v) is 6.51. The zero-order valence-electron chi connectivity index (χ0n) is 11.8. The van der Waals surface area contributed by atoms with E-state index in [1.807, 2.05) is 39.1 Å². The van der Waals surface area contributed by atoms with E-state index in [-0.39, 0.29) is 0 Å². The van der Waals surface area contributed by atoms with Gasteiger partial charge in [-0.15, -0.1) is 0 Å². The van der Waals surface area contributed by atoms with Gasteiger partial charge in [-0.1, -0.05) is 24.6 Å². The molecule has 2 rings (SSSR count). The summed E-state index contributed by atoms with van der Waals surface area (Å²) < 4.78 is 14.2. The van der Waals surface area contributed by atoms with Gasteiger partial charge < -0.3 is 5.73 Å². The number of nitrogens with two attached hydrogens (primary N) is 1. The average Bonchev–Trinajstić information content (AvgIpc) is 2.66. The van der Waals surface area contributed by atoms with Crippen LogP contribution in [0.4, 0.5) is 5.69 Å². The molecule has 20 heavy (non-hydrogen) atoms. The number of nitrogen functional groups attached to an aromatic ring is 1. The lowest BCUT2D eigenvalue weighted by Gasteiger charge is -2.07. The molecule has 0 aliphatic rings. The van der Waals surface area contributed by atoms with Crippen LogP contribution in [0.15, 0.2) is 23.1 Å². The summed E-state index contributed by atoms with van der Waals surface area (Å²) in [6.45, 7) is 3.95. The maximum absolute atomic E-state index is 12.5. The van der Waals surface area contributed by atoms with Crippen LogP contribution in [0.25, 0.3) is 0 Å². The third-order valence-electron chi connectivity index (χ3n) is 3.18. The van der Waals surface area contributed by atoms with Gasteiger partial charge in [0.1, 0.15) is 0 Å². The van der Waals surface area contributed by atoms with Gasteiger partial charge in [0.15, 0.2) is 0 Å². The lowest BCUT2D eigenvalue weighted by molar-refractivity contribution is 0.675. The fraction of sp³-hybridized carbons (Fsp3) is 0.357. The minimum atomic E-state index is -1.23.